The van der Waals surface area contributed by atoms with Crippen molar-refractivity contribution in [2.24, 2.45) is 0 Å². The number of aryl methyl sites for hydroxylation is 1. The molecule has 0 aliphatic carbocycles. The van der Waals surface area contributed by atoms with Gasteiger partial charge in [-0.25, -0.2) is 17.9 Å². The number of esters is 2. The molecule has 1 aromatic carbocycles. The summed E-state index contributed by atoms with van der Waals surface area (Å²) in [6, 6.07) is 6.03. The Bertz CT molecular complexity index is 1090. The molecular formula is C21H27N3O6S. The van der Waals surface area contributed by atoms with Crippen LogP contribution in [-0.4, -0.2) is 44.4 Å². The number of sulfonamides is 1. The minimum atomic E-state index is -3.86. The molecule has 0 saturated carbocycles. The molecule has 0 spiro atoms. The van der Waals surface area contributed by atoms with E-state index in [0.29, 0.717) is 29.8 Å². The Morgan fingerprint density at radius 2 is 1.81 bits per heavy atom. The number of aromatic nitrogens is 2. The lowest BCUT2D eigenvalue weighted by Crippen LogP contribution is -2.30. The highest BCUT2D eigenvalue weighted by molar-refractivity contribution is 7.89. The van der Waals surface area contributed by atoms with Crippen LogP contribution in [0.25, 0.3) is 0 Å². The van der Waals surface area contributed by atoms with E-state index < -0.39 is 27.4 Å². The molecule has 10 heteroatoms. The Morgan fingerprint density at radius 1 is 1.13 bits per heavy atom. The van der Waals surface area contributed by atoms with Gasteiger partial charge in [0.2, 0.25) is 10.0 Å². The molecule has 0 fully saturated rings. The molecule has 9 nitrogen and oxygen atoms in total. The lowest BCUT2D eigenvalue weighted by molar-refractivity contribution is -0.146. The van der Waals surface area contributed by atoms with Crippen LogP contribution < -0.4 is 4.72 Å². The predicted molar refractivity (Wildman–Crippen MR) is 112 cm³/mol. The van der Waals surface area contributed by atoms with E-state index in [-0.39, 0.29) is 11.4 Å². The summed E-state index contributed by atoms with van der Waals surface area (Å²) in [6.45, 7) is 3.95. The molecule has 1 aromatic heterocycles. The number of ether oxygens (including phenoxy) is 2. The van der Waals surface area contributed by atoms with E-state index in [0.717, 1.165) is 18.5 Å². The summed E-state index contributed by atoms with van der Waals surface area (Å²) in [6.07, 6.45) is 2.59. The Labute approximate surface area is 181 Å². The fourth-order valence-electron chi connectivity index (χ4n) is 3.68. The molecule has 0 amide bonds. The van der Waals surface area contributed by atoms with Crippen LogP contribution in [0.4, 0.5) is 0 Å². The third-order valence-corrected chi connectivity index (χ3v) is 6.98. The second kappa shape index (κ2) is 8.80. The SMILES string of the molecule is COC(=O)c1c(CNS(=O)(=O)c2ccc(C(C)(C)C(=O)OC)cc2)nn2c1CCCC2. The summed E-state index contributed by atoms with van der Waals surface area (Å²) < 4.78 is 39.6. The molecule has 0 unspecified atom stereocenters. The highest BCUT2D eigenvalue weighted by Crippen LogP contribution is 2.26. The number of benzene rings is 1. The fourth-order valence-corrected chi connectivity index (χ4v) is 4.66. The van der Waals surface area contributed by atoms with Crippen LogP contribution in [0, 0.1) is 0 Å². The number of hydrogen-bond donors (Lipinski definition) is 1. The molecule has 1 aliphatic rings. The van der Waals surface area contributed by atoms with Crippen LogP contribution in [0.5, 0.6) is 0 Å². The largest absolute Gasteiger partial charge is 0.468 e. The summed E-state index contributed by atoms with van der Waals surface area (Å²) in [7, 11) is -1.26. The molecule has 0 radical (unpaired) electrons. The van der Waals surface area contributed by atoms with Gasteiger partial charge in [0.05, 0.1) is 42.5 Å². The molecule has 0 atom stereocenters. The second-order valence-electron chi connectivity index (χ2n) is 7.91. The summed E-state index contributed by atoms with van der Waals surface area (Å²) in [5.41, 5.74) is 1.18. The topological polar surface area (TPSA) is 117 Å². The maximum atomic E-state index is 12.8. The van der Waals surface area contributed by atoms with Gasteiger partial charge in [-0.15, -0.1) is 0 Å². The van der Waals surface area contributed by atoms with Gasteiger partial charge in [-0.1, -0.05) is 12.1 Å². The van der Waals surface area contributed by atoms with E-state index in [1.54, 1.807) is 30.7 Å². The van der Waals surface area contributed by atoms with Crippen LogP contribution in [0.3, 0.4) is 0 Å². The monoisotopic (exact) mass is 449 g/mol. The quantitative estimate of drug-likeness (QED) is 0.642. The molecule has 2 heterocycles. The molecule has 1 N–H and O–H groups in total. The Morgan fingerprint density at radius 3 is 2.42 bits per heavy atom. The van der Waals surface area contributed by atoms with Crippen molar-refractivity contribution in [2.75, 3.05) is 14.2 Å². The van der Waals surface area contributed by atoms with Crippen molar-refractivity contribution < 1.29 is 27.5 Å². The minimum absolute atomic E-state index is 0.0421. The number of carbonyl (C=O) groups is 2. The van der Waals surface area contributed by atoms with Gasteiger partial charge in [-0.05, 0) is 50.8 Å². The van der Waals surface area contributed by atoms with Gasteiger partial charge < -0.3 is 9.47 Å². The van der Waals surface area contributed by atoms with Crippen LogP contribution in [0.1, 0.15) is 54.0 Å². The predicted octanol–water partition coefficient (Wildman–Crippen LogP) is 1.94. The normalized spacial score (nSPS) is 14.1. The van der Waals surface area contributed by atoms with E-state index in [1.165, 1.54) is 26.4 Å². The first-order chi connectivity index (χ1) is 14.6. The van der Waals surface area contributed by atoms with Gasteiger partial charge >= 0.3 is 11.9 Å². The zero-order chi connectivity index (χ0) is 22.8. The zero-order valence-corrected chi connectivity index (χ0v) is 18.9. The lowest BCUT2D eigenvalue weighted by Gasteiger charge is -2.22. The van der Waals surface area contributed by atoms with Gasteiger partial charge in [-0.3, -0.25) is 9.48 Å². The van der Waals surface area contributed by atoms with E-state index in [9.17, 15) is 18.0 Å². The number of fused-ring (bicyclic) bond motifs is 1. The Hall–Kier alpha value is -2.72. The van der Waals surface area contributed by atoms with Crippen molar-refractivity contribution in [2.45, 2.75) is 56.5 Å². The summed E-state index contributed by atoms with van der Waals surface area (Å²) >= 11 is 0. The molecule has 2 aromatic rings. The molecule has 3 rings (SSSR count). The van der Waals surface area contributed by atoms with E-state index in [1.807, 2.05) is 0 Å². The van der Waals surface area contributed by atoms with Gasteiger partial charge in [0, 0.05) is 6.54 Å². The maximum absolute atomic E-state index is 12.8. The minimum Gasteiger partial charge on any atom is -0.468 e. The number of nitrogens with zero attached hydrogens (tertiary/aromatic N) is 2. The Kier molecular flexibility index (Phi) is 6.51. The van der Waals surface area contributed by atoms with Gasteiger partial charge in [0.25, 0.3) is 0 Å². The van der Waals surface area contributed by atoms with Gasteiger partial charge in [0.1, 0.15) is 5.56 Å². The highest BCUT2D eigenvalue weighted by atomic mass is 32.2. The van der Waals surface area contributed by atoms with Crippen LogP contribution in [0.2, 0.25) is 0 Å². The zero-order valence-electron chi connectivity index (χ0n) is 18.1. The van der Waals surface area contributed by atoms with Crippen molar-refractivity contribution in [1.82, 2.24) is 14.5 Å². The molecule has 0 bridgehead atoms. The maximum Gasteiger partial charge on any atom is 0.341 e. The molecule has 1 aliphatic heterocycles. The molecule has 0 saturated heterocycles. The first kappa shape index (κ1) is 23.0. The average Bonchev–Trinajstić information content (AvgIpc) is 3.15. The summed E-state index contributed by atoms with van der Waals surface area (Å²) in [4.78, 5) is 24.3. The number of hydrogen-bond acceptors (Lipinski definition) is 7. The smallest absolute Gasteiger partial charge is 0.341 e. The first-order valence-electron chi connectivity index (χ1n) is 9.97. The van der Waals surface area contributed by atoms with E-state index in [2.05, 4.69) is 9.82 Å². The van der Waals surface area contributed by atoms with Crippen molar-refractivity contribution in [1.29, 1.82) is 0 Å². The van der Waals surface area contributed by atoms with Crippen LogP contribution in [0.15, 0.2) is 29.2 Å². The van der Waals surface area contributed by atoms with Gasteiger partial charge in [0.15, 0.2) is 0 Å². The Balaban J connectivity index is 1.82. The summed E-state index contributed by atoms with van der Waals surface area (Å²) in [5.74, 6) is -0.938. The summed E-state index contributed by atoms with van der Waals surface area (Å²) in [5, 5.41) is 4.43. The number of methoxy groups -OCH3 is 2. The highest BCUT2D eigenvalue weighted by Gasteiger charge is 2.31. The van der Waals surface area contributed by atoms with Crippen molar-refractivity contribution in [3.8, 4) is 0 Å². The van der Waals surface area contributed by atoms with Crippen molar-refractivity contribution in [3.05, 3.63) is 46.8 Å². The number of carbonyl (C=O) groups excluding carboxylic acids is 2. The molecular weight excluding hydrogens is 422 g/mol. The van der Waals surface area contributed by atoms with Crippen molar-refractivity contribution in [3.63, 3.8) is 0 Å². The fraction of sp³-hybridized carbons (Fsp3) is 0.476. The number of nitrogens with one attached hydrogen (secondary N) is 1. The first-order valence-corrected chi connectivity index (χ1v) is 11.5. The third kappa shape index (κ3) is 4.49. The second-order valence-corrected chi connectivity index (χ2v) is 9.67. The lowest BCUT2D eigenvalue weighted by atomic mass is 9.85. The van der Waals surface area contributed by atoms with Crippen LogP contribution in [-0.2, 0) is 49.2 Å². The van der Waals surface area contributed by atoms with Gasteiger partial charge in [-0.2, -0.15) is 5.10 Å². The molecule has 31 heavy (non-hydrogen) atoms. The third-order valence-electron chi connectivity index (χ3n) is 5.56. The van der Waals surface area contributed by atoms with E-state index >= 15 is 0 Å². The molecule has 168 valence electrons. The number of rotatable bonds is 7. The van der Waals surface area contributed by atoms with Crippen LogP contribution >= 0.6 is 0 Å². The van der Waals surface area contributed by atoms with E-state index in [4.69, 9.17) is 9.47 Å². The standard InChI is InChI=1S/C21H27N3O6S/c1-21(2,20(26)30-4)14-8-10-15(11-9-14)31(27,28)22-13-16-18(19(25)29-3)17-7-5-6-12-24(17)23-16/h8-11,22H,5-7,12-13H2,1-4H3. The average molecular weight is 450 g/mol. The van der Waals surface area contributed by atoms with Crippen molar-refractivity contribution >= 4 is 22.0 Å².